The van der Waals surface area contributed by atoms with Gasteiger partial charge in [0.2, 0.25) is 10.0 Å². The van der Waals surface area contributed by atoms with Gasteiger partial charge in [-0.25, -0.2) is 8.42 Å². The molecule has 0 aromatic carbocycles. The van der Waals surface area contributed by atoms with Crippen LogP contribution in [0.25, 0.3) is 0 Å². The Bertz CT molecular complexity index is 401. The van der Waals surface area contributed by atoms with E-state index in [1.165, 1.54) is 10.7 Å². The molecule has 90 valence electrons. The van der Waals surface area contributed by atoms with Gasteiger partial charge in [0.25, 0.3) is 0 Å². The third-order valence-corrected chi connectivity index (χ3v) is 5.36. The maximum Gasteiger partial charge on any atom is 0.227 e. The van der Waals surface area contributed by atoms with Gasteiger partial charge in [-0.2, -0.15) is 9.57 Å². The lowest BCUT2D eigenvalue weighted by atomic mass is 10.1. The van der Waals surface area contributed by atoms with Gasteiger partial charge >= 0.3 is 0 Å². The fraction of sp³-hybridized carbons (Fsp3) is 0.900. The molecule has 2 rings (SSSR count). The highest BCUT2D eigenvalue weighted by Crippen LogP contribution is 2.29. The molecule has 2 bridgehead atoms. The molecule has 2 aliphatic heterocycles. The van der Waals surface area contributed by atoms with Crippen molar-refractivity contribution in [2.45, 2.75) is 31.3 Å². The van der Waals surface area contributed by atoms with E-state index in [0.29, 0.717) is 25.2 Å². The molecule has 0 aliphatic carbocycles. The van der Waals surface area contributed by atoms with Crippen LogP contribution in [-0.4, -0.2) is 55.6 Å². The number of fused-ring (bicyclic) bond motifs is 2. The number of nitriles is 1. The van der Waals surface area contributed by atoms with E-state index in [9.17, 15) is 8.42 Å². The average Bonchev–Trinajstić information content (AvgIpc) is 2.39. The minimum atomic E-state index is -3.36. The van der Waals surface area contributed by atoms with E-state index in [1.54, 1.807) is 6.07 Å². The van der Waals surface area contributed by atoms with E-state index in [-0.39, 0.29) is 0 Å². The highest BCUT2D eigenvalue weighted by atomic mass is 32.2. The fourth-order valence-electron chi connectivity index (χ4n) is 2.70. The Labute approximate surface area is 96.7 Å². The Hall–Kier alpha value is -0.640. The van der Waals surface area contributed by atoms with Crippen LogP contribution in [0.1, 0.15) is 19.3 Å². The van der Waals surface area contributed by atoms with Crippen molar-refractivity contribution in [1.29, 1.82) is 5.26 Å². The van der Waals surface area contributed by atoms with Crippen molar-refractivity contribution in [3.63, 3.8) is 0 Å². The van der Waals surface area contributed by atoms with E-state index in [4.69, 9.17) is 5.26 Å². The SMILES string of the molecule is CN1C2CCC1CN(S(=O)(=O)CC#N)CC2. The fourth-order valence-corrected chi connectivity index (χ4v) is 3.83. The van der Waals surface area contributed by atoms with Crippen LogP contribution in [0.5, 0.6) is 0 Å². The quantitative estimate of drug-likeness (QED) is 0.685. The van der Waals surface area contributed by atoms with Gasteiger partial charge in [0.15, 0.2) is 5.75 Å². The van der Waals surface area contributed by atoms with Crippen LogP contribution in [0, 0.1) is 11.3 Å². The zero-order chi connectivity index (χ0) is 11.8. The molecule has 16 heavy (non-hydrogen) atoms. The summed E-state index contributed by atoms with van der Waals surface area (Å²) in [5, 5.41) is 8.52. The number of rotatable bonds is 2. The smallest absolute Gasteiger partial charge is 0.227 e. The maximum atomic E-state index is 11.8. The molecule has 2 saturated heterocycles. The molecular weight excluding hydrogens is 226 g/mol. The molecule has 2 aliphatic rings. The summed E-state index contributed by atoms with van der Waals surface area (Å²) in [7, 11) is -1.28. The predicted octanol–water partition coefficient (Wildman–Crippen LogP) is 0.00828. The summed E-state index contributed by atoms with van der Waals surface area (Å²) in [4.78, 5) is 2.29. The number of sulfonamides is 1. The second-order valence-electron chi connectivity index (χ2n) is 4.61. The monoisotopic (exact) mass is 243 g/mol. The van der Waals surface area contributed by atoms with Crippen LogP contribution in [0.2, 0.25) is 0 Å². The molecule has 0 N–H and O–H groups in total. The molecule has 5 nitrogen and oxygen atoms in total. The lowest BCUT2D eigenvalue weighted by molar-refractivity contribution is 0.247. The lowest BCUT2D eigenvalue weighted by Crippen LogP contribution is -2.40. The Kier molecular flexibility index (Phi) is 3.19. The topological polar surface area (TPSA) is 64.4 Å². The van der Waals surface area contributed by atoms with Crippen LogP contribution < -0.4 is 0 Å². The highest BCUT2D eigenvalue weighted by Gasteiger charge is 2.37. The van der Waals surface area contributed by atoms with Gasteiger partial charge < -0.3 is 0 Å². The van der Waals surface area contributed by atoms with Crippen molar-refractivity contribution in [2.24, 2.45) is 0 Å². The maximum absolute atomic E-state index is 11.8. The molecule has 0 amide bonds. The Morgan fingerprint density at radius 2 is 2.00 bits per heavy atom. The van der Waals surface area contributed by atoms with Gasteiger partial charge in [-0.3, -0.25) is 4.90 Å². The number of likely N-dealkylation sites (N-methyl/N-ethyl adjacent to an activating group) is 1. The van der Waals surface area contributed by atoms with Crippen molar-refractivity contribution in [2.75, 3.05) is 25.9 Å². The average molecular weight is 243 g/mol. The molecule has 0 spiro atoms. The molecule has 0 aromatic rings. The van der Waals surface area contributed by atoms with Crippen molar-refractivity contribution in [1.82, 2.24) is 9.21 Å². The van der Waals surface area contributed by atoms with Crippen LogP contribution in [-0.2, 0) is 10.0 Å². The molecule has 2 heterocycles. The second-order valence-corrected chi connectivity index (χ2v) is 6.58. The predicted molar refractivity (Wildman–Crippen MR) is 60.2 cm³/mol. The normalized spacial score (nSPS) is 32.2. The van der Waals surface area contributed by atoms with Crippen LogP contribution in [0.3, 0.4) is 0 Å². The van der Waals surface area contributed by atoms with E-state index >= 15 is 0 Å². The van der Waals surface area contributed by atoms with Crippen molar-refractivity contribution < 1.29 is 8.42 Å². The number of nitrogens with zero attached hydrogens (tertiary/aromatic N) is 3. The van der Waals surface area contributed by atoms with E-state index in [0.717, 1.165) is 12.8 Å². The largest absolute Gasteiger partial charge is 0.299 e. The summed E-state index contributed by atoms with van der Waals surface area (Å²) in [5.41, 5.74) is 0. The minimum absolute atomic E-state index is 0.334. The minimum Gasteiger partial charge on any atom is -0.299 e. The van der Waals surface area contributed by atoms with Crippen molar-refractivity contribution >= 4 is 10.0 Å². The summed E-state index contributed by atoms with van der Waals surface area (Å²) < 4.78 is 25.1. The summed E-state index contributed by atoms with van der Waals surface area (Å²) in [6.07, 6.45) is 3.13. The first-order chi connectivity index (χ1) is 7.54. The first-order valence-corrected chi connectivity index (χ1v) is 7.22. The Morgan fingerprint density at radius 3 is 2.69 bits per heavy atom. The molecule has 2 atom stereocenters. The Morgan fingerprint density at radius 1 is 1.31 bits per heavy atom. The summed E-state index contributed by atoms with van der Waals surface area (Å²) in [6, 6.07) is 2.59. The van der Waals surface area contributed by atoms with Gasteiger partial charge in [0.1, 0.15) is 0 Å². The van der Waals surface area contributed by atoms with Gasteiger partial charge in [-0.05, 0) is 26.3 Å². The van der Waals surface area contributed by atoms with E-state index in [1.807, 2.05) is 0 Å². The van der Waals surface area contributed by atoms with Crippen LogP contribution in [0.4, 0.5) is 0 Å². The summed E-state index contributed by atoms with van der Waals surface area (Å²) >= 11 is 0. The molecule has 0 radical (unpaired) electrons. The van der Waals surface area contributed by atoms with Gasteiger partial charge in [0, 0.05) is 25.2 Å². The number of hydrogen-bond acceptors (Lipinski definition) is 4. The van der Waals surface area contributed by atoms with E-state index < -0.39 is 15.8 Å². The molecule has 6 heteroatoms. The van der Waals surface area contributed by atoms with Gasteiger partial charge in [0.05, 0.1) is 6.07 Å². The second kappa shape index (κ2) is 4.32. The van der Waals surface area contributed by atoms with Crippen molar-refractivity contribution in [3.05, 3.63) is 0 Å². The zero-order valence-corrected chi connectivity index (χ0v) is 10.3. The Balaban J connectivity index is 2.13. The van der Waals surface area contributed by atoms with Gasteiger partial charge in [-0.1, -0.05) is 0 Å². The summed E-state index contributed by atoms with van der Waals surface area (Å²) in [5.74, 6) is -0.395. The first kappa shape index (κ1) is 11.8. The zero-order valence-electron chi connectivity index (χ0n) is 9.46. The molecular formula is C10H17N3O2S. The molecule has 0 aromatic heterocycles. The van der Waals surface area contributed by atoms with Crippen LogP contribution in [0.15, 0.2) is 0 Å². The lowest BCUT2D eigenvalue weighted by Gasteiger charge is -2.24. The highest BCUT2D eigenvalue weighted by molar-refractivity contribution is 7.89. The van der Waals surface area contributed by atoms with Crippen molar-refractivity contribution in [3.8, 4) is 6.07 Å². The van der Waals surface area contributed by atoms with E-state index in [2.05, 4.69) is 11.9 Å². The molecule has 2 fully saturated rings. The van der Waals surface area contributed by atoms with Gasteiger partial charge in [-0.15, -0.1) is 0 Å². The molecule has 2 unspecified atom stereocenters. The summed E-state index contributed by atoms with van der Waals surface area (Å²) in [6.45, 7) is 1.12. The third kappa shape index (κ3) is 2.08. The third-order valence-electron chi connectivity index (χ3n) is 3.75. The number of hydrogen-bond donors (Lipinski definition) is 0. The molecule has 0 saturated carbocycles. The van der Waals surface area contributed by atoms with Crippen LogP contribution >= 0.6 is 0 Å². The first-order valence-electron chi connectivity index (χ1n) is 5.61. The standard InChI is InChI=1S/C10H17N3O2S/c1-12-9-2-3-10(12)8-13(6-4-9)16(14,15)7-5-11/h9-10H,2-4,6-8H2,1H3.